The molecular weight excluding hydrogens is 394 g/mol. The fourth-order valence-corrected chi connectivity index (χ4v) is 3.02. The van der Waals surface area contributed by atoms with E-state index in [2.05, 4.69) is 46.7 Å². The van der Waals surface area contributed by atoms with Crippen LogP contribution in [0.4, 0.5) is 5.69 Å². The van der Waals surface area contributed by atoms with Gasteiger partial charge in [0, 0.05) is 22.6 Å². The number of amides is 1. The molecule has 24 heavy (non-hydrogen) atoms. The van der Waals surface area contributed by atoms with Crippen molar-refractivity contribution in [2.24, 2.45) is 7.05 Å². The number of carbonyl (C=O) groups excluding carboxylic acids is 1. The number of tetrazole rings is 1. The second-order valence-corrected chi connectivity index (χ2v) is 6.70. The van der Waals surface area contributed by atoms with Crippen molar-refractivity contribution in [2.45, 2.75) is 17.0 Å². The van der Waals surface area contributed by atoms with Crippen LogP contribution in [0.5, 0.6) is 0 Å². The molecule has 10 heteroatoms. The summed E-state index contributed by atoms with van der Waals surface area (Å²) in [6, 6.07) is 7.15. The van der Waals surface area contributed by atoms with Gasteiger partial charge < -0.3 is 5.32 Å². The SMILES string of the molecule is Cc1nccc(C(=O)Nc2cc(Br)ccc2Sc2nnnn2C)n1. The van der Waals surface area contributed by atoms with Gasteiger partial charge >= 0.3 is 0 Å². The molecule has 0 unspecified atom stereocenters. The maximum Gasteiger partial charge on any atom is 0.274 e. The molecule has 0 aliphatic heterocycles. The van der Waals surface area contributed by atoms with Gasteiger partial charge in [-0.05, 0) is 53.4 Å². The monoisotopic (exact) mass is 405 g/mol. The predicted octanol–water partition coefficient (Wildman–Crippen LogP) is 2.47. The second kappa shape index (κ2) is 7.05. The summed E-state index contributed by atoms with van der Waals surface area (Å²) in [5.74, 6) is 0.230. The summed E-state index contributed by atoms with van der Waals surface area (Å²) in [6.07, 6.45) is 1.55. The first-order valence-corrected chi connectivity index (χ1v) is 8.44. The largest absolute Gasteiger partial charge is 0.320 e. The molecule has 0 radical (unpaired) electrons. The Morgan fingerprint density at radius 1 is 1.33 bits per heavy atom. The molecule has 3 rings (SSSR count). The third-order valence-corrected chi connectivity index (χ3v) is 4.58. The van der Waals surface area contributed by atoms with Crippen LogP contribution in [0.25, 0.3) is 0 Å². The van der Waals surface area contributed by atoms with Crippen LogP contribution in [-0.4, -0.2) is 36.1 Å². The predicted molar refractivity (Wildman–Crippen MR) is 91.8 cm³/mol. The molecule has 3 aromatic rings. The normalized spacial score (nSPS) is 10.6. The van der Waals surface area contributed by atoms with Crippen molar-refractivity contribution in [3.8, 4) is 0 Å². The molecule has 2 aromatic heterocycles. The molecule has 1 N–H and O–H groups in total. The highest BCUT2D eigenvalue weighted by molar-refractivity contribution is 9.10. The van der Waals surface area contributed by atoms with Gasteiger partial charge in [-0.15, -0.1) is 5.10 Å². The maximum atomic E-state index is 12.4. The molecule has 0 fully saturated rings. The highest BCUT2D eigenvalue weighted by Gasteiger charge is 2.14. The molecule has 0 spiro atoms. The van der Waals surface area contributed by atoms with E-state index in [-0.39, 0.29) is 5.91 Å². The van der Waals surface area contributed by atoms with Crippen molar-refractivity contribution in [1.82, 2.24) is 30.2 Å². The third kappa shape index (κ3) is 3.77. The van der Waals surface area contributed by atoms with Crippen LogP contribution in [-0.2, 0) is 7.05 Å². The number of rotatable bonds is 4. The Morgan fingerprint density at radius 3 is 2.88 bits per heavy atom. The van der Waals surface area contributed by atoms with E-state index in [1.54, 1.807) is 30.9 Å². The molecule has 0 saturated carbocycles. The molecule has 122 valence electrons. The van der Waals surface area contributed by atoms with E-state index in [0.29, 0.717) is 22.4 Å². The van der Waals surface area contributed by atoms with Crippen molar-refractivity contribution in [2.75, 3.05) is 5.32 Å². The Kier molecular flexibility index (Phi) is 4.86. The number of nitrogens with zero attached hydrogens (tertiary/aromatic N) is 6. The molecule has 1 aromatic carbocycles. The zero-order valence-electron chi connectivity index (χ0n) is 12.8. The Hall–Kier alpha value is -2.33. The average molecular weight is 406 g/mol. The molecular formula is C14H12BrN7OS. The van der Waals surface area contributed by atoms with Crippen molar-refractivity contribution in [3.63, 3.8) is 0 Å². The van der Waals surface area contributed by atoms with Crippen LogP contribution in [0.15, 0.2) is 45.0 Å². The molecule has 0 aliphatic rings. The van der Waals surface area contributed by atoms with E-state index in [1.165, 1.54) is 11.8 Å². The van der Waals surface area contributed by atoms with Crippen molar-refractivity contribution in [3.05, 3.63) is 46.5 Å². The highest BCUT2D eigenvalue weighted by Crippen LogP contribution is 2.34. The summed E-state index contributed by atoms with van der Waals surface area (Å²) in [7, 11) is 1.75. The zero-order chi connectivity index (χ0) is 17.1. The van der Waals surface area contributed by atoms with Gasteiger partial charge in [-0.2, -0.15) is 0 Å². The lowest BCUT2D eigenvalue weighted by Gasteiger charge is -2.10. The van der Waals surface area contributed by atoms with E-state index in [9.17, 15) is 4.79 Å². The molecule has 0 bridgehead atoms. The lowest BCUT2D eigenvalue weighted by molar-refractivity contribution is 0.102. The fraction of sp³-hybridized carbons (Fsp3) is 0.143. The molecule has 1 amide bonds. The first-order chi connectivity index (χ1) is 11.5. The summed E-state index contributed by atoms with van der Waals surface area (Å²) in [6.45, 7) is 1.73. The molecule has 8 nitrogen and oxygen atoms in total. The minimum absolute atomic E-state index is 0.304. The Labute approximate surface area is 150 Å². The third-order valence-electron chi connectivity index (χ3n) is 2.98. The minimum Gasteiger partial charge on any atom is -0.320 e. The lowest BCUT2D eigenvalue weighted by Crippen LogP contribution is -2.15. The summed E-state index contributed by atoms with van der Waals surface area (Å²) >= 11 is 4.77. The topological polar surface area (TPSA) is 98.5 Å². The van der Waals surface area contributed by atoms with E-state index in [4.69, 9.17) is 0 Å². The number of hydrogen-bond acceptors (Lipinski definition) is 7. The zero-order valence-corrected chi connectivity index (χ0v) is 15.2. The Morgan fingerprint density at radius 2 is 2.17 bits per heavy atom. The number of nitrogens with one attached hydrogen (secondary N) is 1. The van der Waals surface area contributed by atoms with E-state index in [1.807, 2.05) is 18.2 Å². The van der Waals surface area contributed by atoms with Gasteiger partial charge in [0.05, 0.1) is 5.69 Å². The van der Waals surface area contributed by atoms with Crippen LogP contribution in [0, 0.1) is 6.92 Å². The van der Waals surface area contributed by atoms with Crippen LogP contribution < -0.4 is 5.32 Å². The number of carbonyl (C=O) groups is 1. The standard InChI is InChI=1S/C14H12BrN7OS/c1-8-16-6-5-10(17-8)13(23)18-11-7-9(15)3-4-12(11)24-14-19-20-21-22(14)2/h3-7H,1-2H3,(H,18,23). The first-order valence-electron chi connectivity index (χ1n) is 6.83. The van der Waals surface area contributed by atoms with E-state index < -0.39 is 0 Å². The van der Waals surface area contributed by atoms with Crippen LogP contribution in [0.3, 0.4) is 0 Å². The molecule has 2 heterocycles. The van der Waals surface area contributed by atoms with Gasteiger partial charge in [-0.1, -0.05) is 15.9 Å². The van der Waals surface area contributed by atoms with Gasteiger partial charge in [0.1, 0.15) is 11.5 Å². The number of halogens is 1. The fourth-order valence-electron chi connectivity index (χ4n) is 1.86. The smallest absolute Gasteiger partial charge is 0.274 e. The van der Waals surface area contributed by atoms with Crippen LogP contribution in [0.2, 0.25) is 0 Å². The minimum atomic E-state index is -0.309. The van der Waals surface area contributed by atoms with Gasteiger partial charge in [-0.3, -0.25) is 4.79 Å². The number of benzene rings is 1. The molecule has 0 aliphatic carbocycles. The highest BCUT2D eigenvalue weighted by atomic mass is 79.9. The summed E-state index contributed by atoms with van der Waals surface area (Å²) in [4.78, 5) is 21.4. The quantitative estimate of drug-likeness (QED) is 0.711. The number of aryl methyl sites for hydroxylation is 2. The second-order valence-electron chi connectivity index (χ2n) is 4.77. The van der Waals surface area contributed by atoms with Crippen molar-refractivity contribution < 1.29 is 4.79 Å². The molecule has 0 saturated heterocycles. The van der Waals surface area contributed by atoms with Gasteiger partial charge in [0.25, 0.3) is 5.91 Å². The Bertz CT molecular complexity index is 898. The average Bonchev–Trinajstić information content (AvgIpc) is 2.95. The number of anilines is 1. The van der Waals surface area contributed by atoms with Gasteiger partial charge in [0.15, 0.2) is 0 Å². The Balaban J connectivity index is 1.88. The summed E-state index contributed by atoms with van der Waals surface area (Å²) in [5.41, 5.74) is 0.942. The van der Waals surface area contributed by atoms with Gasteiger partial charge in [0.2, 0.25) is 5.16 Å². The number of hydrogen-bond donors (Lipinski definition) is 1. The maximum absolute atomic E-state index is 12.4. The van der Waals surface area contributed by atoms with Crippen LogP contribution in [0.1, 0.15) is 16.3 Å². The molecule has 0 atom stereocenters. The van der Waals surface area contributed by atoms with Crippen LogP contribution >= 0.6 is 27.7 Å². The summed E-state index contributed by atoms with van der Waals surface area (Å²) in [5, 5.41) is 14.8. The summed E-state index contributed by atoms with van der Waals surface area (Å²) < 4.78 is 2.41. The van der Waals surface area contributed by atoms with Gasteiger partial charge in [-0.25, -0.2) is 14.6 Å². The van der Waals surface area contributed by atoms with E-state index >= 15 is 0 Å². The lowest BCUT2D eigenvalue weighted by atomic mass is 10.3. The van der Waals surface area contributed by atoms with Crippen molar-refractivity contribution in [1.29, 1.82) is 0 Å². The first kappa shape index (κ1) is 16.5. The van der Waals surface area contributed by atoms with E-state index in [0.717, 1.165) is 9.37 Å². The van der Waals surface area contributed by atoms with Crippen molar-refractivity contribution >= 4 is 39.3 Å². The number of aromatic nitrogens is 6.